The summed E-state index contributed by atoms with van der Waals surface area (Å²) in [5, 5.41) is 3.34. The highest BCUT2D eigenvalue weighted by Gasteiger charge is 2.37. The lowest BCUT2D eigenvalue weighted by molar-refractivity contribution is 0.0652. The van der Waals surface area contributed by atoms with E-state index >= 15 is 0 Å². The molecule has 1 aliphatic rings. The fraction of sp³-hybridized carbons (Fsp3) is 1.00. The molecule has 0 aromatic rings. The summed E-state index contributed by atoms with van der Waals surface area (Å²) in [6.07, 6.45) is -1.13. The first-order chi connectivity index (χ1) is 6.96. The zero-order chi connectivity index (χ0) is 11.5. The van der Waals surface area contributed by atoms with Crippen LogP contribution in [0, 0.1) is 11.3 Å². The topological polar surface area (TPSA) is 15.3 Å². The number of rotatable bonds is 5. The molecule has 0 bridgehead atoms. The van der Waals surface area contributed by atoms with Crippen LogP contribution in [0.25, 0.3) is 0 Å². The molecule has 0 radical (unpaired) electrons. The normalized spacial score (nSPS) is 27.2. The smallest absolute Gasteiger partial charge is 0.251 e. The van der Waals surface area contributed by atoms with Gasteiger partial charge in [-0.2, -0.15) is 0 Å². The number of hydrogen-bond acceptors (Lipinski definition) is 2. The number of hydrogen-bond donors (Lipinski definition) is 1. The SMILES string of the molecule is CC(C)C1(CN(C)CC(F)F)CCNC1. The highest BCUT2D eigenvalue weighted by atomic mass is 19.3. The third-order valence-corrected chi connectivity index (χ3v) is 3.54. The van der Waals surface area contributed by atoms with Crippen LogP contribution in [0.3, 0.4) is 0 Å². The van der Waals surface area contributed by atoms with Crippen molar-refractivity contribution in [2.24, 2.45) is 11.3 Å². The van der Waals surface area contributed by atoms with Gasteiger partial charge in [0, 0.05) is 13.1 Å². The van der Waals surface area contributed by atoms with E-state index in [-0.39, 0.29) is 12.0 Å². The highest BCUT2D eigenvalue weighted by Crippen LogP contribution is 2.34. The summed E-state index contributed by atoms with van der Waals surface area (Å²) in [5.41, 5.74) is 0.184. The van der Waals surface area contributed by atoms with Crippen molar-refractivity contribution >= 4 is 0 Å². The zero-order valence-corrected chi connectivity index (χ0v) is 9.89. The molecule has 15 heavy (non-hydrogen) atoms. The number of alkyl halides is 2. The maximum atomic E-state index is 12.2. The Balaban J connectivity index is 2.51. The van der Waals surface area contributed by atoms with E-state index in [4.69, 9.17) is 0 Å². The molecule has 1 saturated heterocycles. The van der Waals surface area contributed by atoms with Crippen molar-refractivity contribution in [1.82, 2.24) is 10.2 Å². The summed E-state index contributed by atoms with van der Waals surface area (Å²) in [6, 6.07) is 0. The van der Waals surface area contributed by atoms with Crippen LogP contribution in [0.2, 0.25) is 0 Å². The van der Waals surface area contributed by atoms with Gasteiger partial charge in [0.15, 0.2) is 0 Å². The second kappa shape index (κ2) is 5.21. The molecule has 1 fully saturated rings. The van der Waals surface area contributed by atoms with Gasteiger partial charge < -0.3 is 10.2 Å². The molecule has 0 aromatic carbocycles. The standard InChI is InChI=1S/C11H22F2N2/c1-9(2)11(4-5-14-7-11)8-15(3)6-10(12)13/h9-10,14H,4-8H2,1-3H3. The Morgan fingerprint density at radius 2 is 2.07 bits per heavy atom. The summed E-state index contributed by atoms with van der Waals surface area (Å²) in [6.45, 7) is 6.99. The van der Waals surface area contributed by atoms with Crippen molar-refractivity contribution < 1.29 is 8.78 Å². The van der Waals surface area contributed by atoms with Crippen molar-refractivity contribution in [3.63, 3.8) is 0 Å². The van der Waals surface area contributed by atoms with E-state index in [0.29, 0.717) is 5.92 Å². The Labute approximate surface area is 91.0 Å². The van der Waals surface area contributed by atoms with Crippen LogP contribution in [-0.2, 0) is 0 Å². The Kier molecular flexibility index (Phi) is 4.46. The lowest BCUT2D eigenvalue weighted by atomic mass is 9.76. The molecule has 0 amide bonds. The summed E-state index contributed by atoms with van der Waals surface area (Å²) in [5.74, 6) is 0.535. The Bertz CT molecular complexity index is 189. The van der Waals surface area contributed by atoms with E-state index in [0.717, 1.165) is 26.1 Å². The van der Waals surface area contributed by atoms with Crippen LogP contribution in [-0.4, -0.2) is 44.6 Å². The average molecular weight is 220 g/mol. The third kappa shape index (κ3) is 3.38. The first kappa shape index (κ1) is 12.8. The predicted molar refractivity (Wildman–Crippen MR) is 58.3 cm³/mol. The maximum Gasteiger partial charge on any atom is 0.251 e. The van der Waals surface area contributed by atoms with Gasteiger partial charge in [-0.15, -0.1) is 0 Å². The first-order valence-electron chi connectivity index (χ1n) is 5.64. The molecule has 0 aliphatic carbocycles. The second-order valence-electron chi connectivity index (χ2n) is 5.03. The molecule has 1 unspecified atom stereocenters. The van der Waals surface area contributed by atoms with E-state index in [1.807, 2.05) is 0 Å². The molecule has 1 heterocycles. The van der Waals surface area contributed by atoms with E-state index < -0.39 is 6.43 Å². The molecule has 1 N–H and O–H groups in total. The fourth-order valence-corrected chi connectivity index (χ4v) is 2.41. The predicted octanol–water partition coefficient (Wildman–Crippen LogP) is 1.82. The Morgan fingerprint density at radius 3 is 2.47 bits per heavy atom. The maximum absolute atomic E-state index is 12.2. The Morgan fingerprint density at radius 1 is 1.40 bits per heavy atom. The van der Waals surface area contributed by atoms with Gasteiger partial charge in [0.1, 0.15) is 0 Å². The molecule has 0 spiro atoms. The van der Waals surface area contributed by atoms with Crippen molar-refractivity contribution in [1.29, 1.82) is 0 Å². The van der Waals surface area contributed by atoms with Crippen LogP contribution in [0.1, 0.15) is 20.3 Å². The quantitative estimate of drug-likeness (QED) is 0.760. The van der Waals surface area contributed by atoms with Crippen molar-refractivity contribution in [2.75, 3.05) is 33.2 Å². The molecule has 4 heteroatoms. The lowest BCUT2D eigenvalue weighted by Gasteiger charge is -2.36. The second-order valence-corrected chi connectivity index (χ2v) is 5.03. The minimum Gasteiger partial charge on any atom is -0.316 e. The summed E-state index contributed by atoms with van der Waals surface area (Å²) < 4.78 is 24.5. The number of nitrogens with one attached hydrogen (secondary N) is 1. The van der Waals surface area contributed by atoms with Gasteiger partial charge in [-0.1, -0.05) is 13.8 Å². The van der Waals surface area contributed by atoms with Crippen LogP contribution in [0.5, 0.6) is 0 Å². The fourth-order valence-electron chi connectivity index (χ4n) is 2.41. The highest BCUT2D eigenvalue weighted by molar-refractivity contribution is 4.92. The van der Waals surface area contributed by atoms with Crippen LogP contribution in [0.15, 0.2) is 0 Å². The molecule has 1 aliphatic heterocycles. The molecule has 1 atom stereocenters. The number of nitrogens with zero attached hydrogens (tertiary/aromatic N) is 1. The van der Waals surface area contributed by atoms with E-state index in [9.17, 15) is 8.78 Å². The third-order valence-electron chi connectivity index (χ3n) is 3.54. The van der Waals surface area contributed by atoms with E-state index in [1.165, 1.54) is 0 Å². The molecular formula is C11H22F2N2. The van der Waals surface area contributed by atoms with Gasteiger partial charge in [-0.3, -0.25) is 0 Å². The molecule has 0 saturated carbocycles. The molecule has 0 aromatic heterocycles. The van der Waals surface area contributed by atoms with Crippen LogP contribution < -0.4 is 5.32 Å². The largest absolute Gasteiger partial charge is 0.316 e. The van der Waals surface area contributed by atoms with E-state index in [1.54, 1.807) is 11.9 Å². The summed E-state index contributed by atoms with van der Waals surface area (Å²) >= 11 is 0. The van der Waals surface area contributed by atoms with E-state index in [2.05, 4.69) is 19.2 Å². The zero-order valence-electron chi connectivity index (χ0n) is 9.89. The van der Waals surface area contributed by atoms with Gasteiger partial charge >= 0.3 is 0 Å². The monoisotopic (exact) mass is 220 g/mol. The molecule has 1 rings (SSSR count). The van der Waals surface area contributed by atoms with Crippen molar-refractivity contribution in [3.8, 4) is 0 Å². The summed E-state index contributed by atoms with van der Waals surface area (Å²) in [4.78, 5) is 1.76. The minimum absolute atomic E-state index is 0.117. The minimum atomic E-state index is -2.23. The molecule has 90 valence electrons. The molecular weight excluding hydrogens is 198 g/mol. The van der Waals surface area contributed by atoms with Crippen LogP contribution >= 0.6 is 0 Å². The van der Waals surface area contributed by atoms with Gasteiger partial charge in [0.2, 0.25) is 0 Å². The first-order valence-corrected chi connectivity index (χ1v) is 5.64. The van der Waals surface area contributed by atoms with Gasteiger partial charge in [-0.05, 0) is 31.3 Å². The number of halogens is 2. The van der Waals surface area contributed by atoms with Gasteiger partial charge in [-0.25, -0.2) is 8.78 Å². The average Bonchev–Trinajstić information content (AvgIpc) is 2.52. The summed E-state index contributed by atoms with van der Waals surface area (Å²) in [7, 11) is 1.79. The van der Waals surface area contributed by atoms with Crippen molar-refractivity contribution in [2.45, 2.75) is 26.7 Å². The lowest BCUT2D eigenvalue weighted by Crippen LogP contribution is -2.42. The van der Waals surface area contributed by atoms with Gasteiger partial charge in [0.05, 0.1) is 6.54 Å². The Hall–Kier alpha value is -0.220. The van der Waals surface area contributed by atoms with Crippen LogP contribution in [0.4, 0.5) is 8.78 Å². The van der Waals surface area contributed by atoms with Gasteiger partial charge in [0.25, 0.3) is 6.43 Å². The van der Waals surface area contributed by atoms with Crippen molar-refractivity contribution in [3.05, 3.63) is 0 Å². The molecule has 2 nitrogen and oxygen atoms in total.